The molecule has 2 saturated carbocycles. The van der Waals surface area contributed by atoms with E-state index in [0.717, 1.165) is 41.4 Å². The van der Waals surface area contributed by atoms with Crippen LogP contribution in [-0.4, -0.2) is 0 Å². The fourth-order valence-electron chi connectivity index (χ4n) is 5.60. The summed E-state index contributed by atoms with van der Waals surface area (Å²) in [5.74, 6) is 6.50. The number of allylic oxidation sites excluding steroid dienone is 8. The molecular weight excluding hydrogens is 276 g/mol. The number of hydrogen-bond donors (Lipinski definition) is 0. The minimum absolute atomic E-state index is 0. The van der Waals surface area contributed by atoms with Gasteiger partial charge in [0.25, 0.3) is 0 Å². The van der Waals surface area contributed by atoms with Crippen molar-refractivity contribution in [1.82, 2.24) is 0 Å². The molecule has 7 unspecified atom stereocenters. The molecule has 2 fully saturated rings. The molecule has 0 N–H and O–H groups in total. The predicted octanol–water partition coefficient (Wildman–Crippen LogP) is 6.82. The van der Waals surface area contributed by atoms with Gasteiger partial charge in [0, 0.05) is 5.92 Å². The minimum atomic E-state index is 0. The molecule has 128 valence electrons. The van der Waals surface area contributed by atoms with Gasteiger partial charge in [-0.25, -0.2) is 0 Å². The lowest BCUT2D eigenvalue weighted by Gasteiger charge is -2.18. The zero-order chi connectivity index (χ0) is 14.4. The highest BCUT2D eigenvalue weighted by atomic mass is 14.5. The molecule has 0 aromatic rings. The summed E-state index contributed by atoms with van der Waals surface area (Å²) in [6.45, 7) is 4.57. The van der Waals surface area contributed by atoms with Gasteiger partial charge in [0.05, 0.1) is 0 Å². The zero-order valence-electron chi connectivity index (χ0n) is 13.4. The van der Waals surface area contributed by atoms with Gasteiger partial charge in [0.2, 0.25) is 0 Å². The van der Waals surface area contributed by atoms with Gasteiger partial charge in [0.15, 0.2) is 0 Å². The van der Waals surface area contributed by atoms with Crippen molar-refractivity contribution in [2.24, 2.45) is 41.4 Å². The maximum Gasteiger partial charge on any atom is 0.00106 e. The average Bonchev–Trinajstić information content (AvgIpc) is 3.27. The third-order valence-corrected chi connectivity index (χ3v) is 6.76. The van der Waals surface area contributed by atoms with Crippen molar-refractivity contribution in [2.75, 3.05) is 0 Å². The Kier molecular flexibility index (Phi) is 5.76. The van der Waals surface area contributed by atoms with Gasteiger partial charge < -0.3 is 0 Å². The standard InChI is InChI=1S/C11H16.C10H12.2CH4/c1-3-9-7-8(2)10-5-4-6-11(9)10;1-2-9-7-4-5-8(6-7)10(9)3-1;;/h3-4,6,8,10-11H,5,7H2,1-2H3;1-2,4-5,7-10H,3,6H2;2*1H4/b9-3-;;;. The molecule has 0 spiro atoms. The molecule has 0 heterocycles. The van der Waals surface area contributed by atoms with Crippen molar-refractivity contribution in [3.8, 4) is 0 Å². The first-order chi connectivity index (χ1) is 10.3. The maximum absolute atomic E-state index is 2.44. The van der Waals surface area contributed by atoms with Crippen molar-refractivity contribution in [3.05, 3.63) is 48.1 Å². The van der Waals surface area contributed by atoms with E-state index in [1.54, 1.807) is 5.57 Å². The highest BCUT2D eigenvalue weighted by Gasteiger charge is 2.44. The van der Waals surface area contributed by atoms with Crippen LogP contribution in [0.5, 0.6) is 0 Å². The summed E-state index contributed by atoms with van der Waals surface area (Å²) >= 11 is 0. The molecule has 0 aromatic carbocycles. The van der Waals surface area contributed by atoms with Crippen molar-refractivity contribution >= 4 is 0 Å². The molecule has 0 radical (unpaired) electrons. The van der Waals surface area contributed by atoms with Crippen molar-refractivity contribution in [2.45, 2.75) is 54.4 Å². The third-order valence-electron chi connectivity index (χ3n) is 6.76. The molecule has 0 aliphatic heterocycles. The maximum atomic E-state index is 2.44. The summed E-state index contributed by atoms with van der Waals surface area (Å²) in [4.78, 5) is 0. The lowest BCUT2D eigenvalue weighted by molar-refractivity contribution is 0.398. The summed E-state index contributed by atoms with van der Waals surface area (Å²) < 4.78 is 0. The van der Waals surface area contributed by atoms with E-state index in [0.29, 0.717) is 0 Å². The quantitative estimate of drug-likeness (QED) is 0.430. The van der Waals surface area contributed by atoms with E-state index in [1.165, 1.54) is 25.7 Å². The number of fused-ring (bicyclic) bond motifs is 6. The van der Waals surface area contributed by atoms with Gasteiger partial charge in [-0.15, -0.1) is 0 Å². The van der Waals surface area contributed by atoms with Gasteiger partial charge in [-0.3, -0.25) is 0 Å². The van der Waals surface area contributed by atoms with Crippen molar-refractivity contribution in [1.29, 1.82) is 0 Å². The molecule has 23 heavy (non-hydrogen) atoms. The van der Waals surface area contributed by atoms with Crippen LogP contribution >= 0.6 is 0 Å². The third kappa shape index (κ3) is 3.02. The number of rotatable bonds is 0. The Bertz CT molecular complexity index is 518. The monoisotopic (exact) mass is 312 g/mol. The lowest BCUT2D eigenvalue weighted by atomic mass is 9.86. The van der Waals surface area contributed by atoms with E-state index in [9.17, 15) is 0 Å². The van der Waals surface area contributed by atoms with Crippen LogP contribution in [0.25, 0.3) is 0 Å². The Hall–Kier alpha value is -1.04. The van der Waals surface area contributed by atoms with Crippen LogP contribution in [0.4, 0.5) is 0 Å². The van der Waals surface area contributed by atoms with Crippen molar-refractivity contribution < 1.29 is 0 Å². The molecule has 5 aliphatic rings. The predicted molar refractivity (Wildman–Crippen MR) is 103 cm³/mol. The highest BCUT2D eigenvalue weighted by molar-refractivity contribution is 5.25. The van der Waals surface area contributed by atoms with Crippen molar-refractivity contribution in [3.63, 3.8) is 0 Å². The van der Waals surface area contributed by atoms with E-state index >= 15 is 0 Å². The van der Waals surface area contributed by atoms with Gasteiger partial charge >= 0.3 is 0 Å². The van der Waals surface area contributed by atoms with Crippen LogP contribution in [0.1, 0.15) is 54.4 Å². The Morgan fingerprint density at radius 1 is 0.913 bits per heavy atom. The van der Waals surface area contributed by atoms with Crippen LogP contribution in [0.15, 0.2) is 48.1 Å². The lowest BCUT2D eigenvalue weighted by Crippen LogP contribution is -2.12. The second kappa shape index (κ2) is 7.24. The van der Waals surface area contributed by atoms with Gasteiger partial charge in [-0.05, 0) is 68.1 Å². The van der Waals surface area contributed by atoms with E-state index < -0.39 is 0 Å². The SMILES string of the molecule is C.C.C/C=C1/CC(C)C2CC=CC12.C1=CC2C3C=CC(C3)C2C1. The molecular formula is C23H36. The molecule has 0 saturated heterocycles. The van der Waals surface area contributed by atoms with Crippen LogP contribution < -0.4 is 0 Å². The summed E-state index contributed by atoms with van der Waals surface area (Å²) in [6.07, 6.45) is 22.3. The van der Waals surface area contributed by atoms with E-state index in [-0.39, 0.29) is 14.9 Å². The molecule has 7 atom stereocenters. The van der Waals surface area contributed by atoms with E-state index in [4.69, 9.17) is 0 Å². The van der Waals surface area contributed by atoms with Gasteiger partial charge in [-0.1, -0.05) is 69.9 Å². The fraction of sp³-hybridized carbons (Fsp3) is 0.652. The summed E-state index contributed by atoms with van der Waals surface area (Å²) in [6, 6.07) is 0. The molecule has 5 rings (SSSR count). The largest absolute Gasteiger partial charge is 0.0879 e. The average molecular weight is 313 g/mol. The van der Waals surface area contributed by atoms with Crippen LogP contribution in [-0.2, 0) is 0 Å². The first kappa shape index (κ1) is 18.3. The van der Waals surface area contributed by atoms with Gasteiger partial charge in [0.1, 0.15) is 0 Å². The zero-order valence-corrected chi connectivity index (χ0v) is 13.4. The molecule has 0 heteroatoms. The Labute approximate surface area is 144 Å². The topological polar surface area (TPSA) is 0 Å². The Morgan fingerprint density at radius 2 is 1.61 bits per heavy atom. The normalized spacial score (nSPS) is 45.3. The second-order valence-electron chi connectivity index (χ2n) is 7.75. The molecule has 5 aliphatic carbocycles. The second-order valence-corrected chi connectivity index (χ2v) is 7.75. The number of hydrogen-bond acceptors (Lipinski definition) is 0. The fourth-order valence-corrected chi connectivity index (χ4v) is 5.60. The molecule has 2 bridgehead atoms. The minimum Gasteiger partial charge on any atom is -0.0879 e. The van der Waals surface area contributed by atoms with E-state index in [2.05, 4.69) is 56.4 Å². The Morgan fingerprint density at radius 3 is 2.35 bits per heavy atom. The summed E-state index contributed by atoms with van der Waals surface area (Å²) in [5.41, 5.74) is 1.68. The first-order valence-electron chi connectivity index (χ1n) is 8.94. The molecule has 0 amide bonds. The highest BCUT2D eigenvalue weighted by Crippen LogP contribution is 2.52. The Balaban J connectivity index is 0.000000154. The summed E-state index contributed by atoms with van der Waals surface area (Å²) in [5, 5.41) is 0. The summed E-state index contributed by atoms with van der Waals surface area (Å²) in [7, 11) is 0. The van der Waals surface area contributed by atoms with Gasteiger partial charge in [-0.2, -0.15) is 0 Å². The smallest absolute Gasteiger partial charge is 0.00106 e. The van der Waals surface area contributed by atoms with Crippen LogP contribution in [0.3, 0.4) is 0 Å². The molecule has 0 aromatic heterocycles. The van der Waals surface area contributed by atoms with E-state index in [1.807, 2.05) is 0 Å². The van der Waals surface area contributed by atoms with Crippen LogP contribution in [0.2, 0.25) is 0 Å². The molecule has 0 nitrogen and oxygen atoms in total. The van der Waals surface area contributed by atoms with Crippen LogP contribution in [0, 0.1) is 41.4 Å². The first-order valence-corrected chi connectivity index (χ1v) is 8.94.